The van der Waals surface area contributed by atoms with Crippen molar-refractivity contribution in [2.24, 2.45) is 0 Å². The number of aryl methyl sites for hydroxylation is 1. The molecule has 0 spiro atoms. The second kappa shape index (κ2) is 8.93. The lowest BCUT2D eigenvalue weighted by Gasteiger charge is -2.32. The first kappa shape index (κ1) is 17.8. The maximum atomic E-state index is 5.10. The fraction of sp³-hybridized carbons (Fsp3) is 0.667. The van der Waals surface area contributed by atoms with Gasteiger partial charge in [0, 0.05) is 11.6 Å². The molecule has 1 aromatic carbocycles. The predicted octanol–water partition coefficient (Wildman–Crippen LogP) is 5.28. The van der Waals surface area contributed by atoms with Crippen LogP contribution in [0.4, 0.5) is 0 Å². The summed E-state index contributed by atoms with van der Waals surface area (Å²) >= 11 is 0. The summed E-state index contributed by atoms with van der Waals surface area (Å²) in [7, 11) is 2.24. The minimum atomic E-state index is 0.682. The summed E-state index contributed by atoms with van der Waals surface area (Å²) < 4.78 is 10.0. The molecular formula is C18H31NO2. The Morgan fingerprint density at radius 3 is 2.43 bits per heavy atom. The zero-order valence-electron chi connectivity index (χ0n) is 14.5. The fourth-order valence-corrected chi connectivity index (χ4v) is 2.90. The lowest BCUT2D eigenvalue weighted by Crippen LogP contribution is -2.36. The van der Waals surface area contributed by atoms with Crippen LogP contribution < -0.4 is 0 Å². The highest BCUT2D eigenvalue weighted by Gasteiger charge is 2.25. The Hall–Kier alpha value is -1.22. The van der Waals surface area contributed by atoms with Crippen molar-refractivity contribution >= 4 is 11.2 Å². The smallest absolute Gasteiger partial charge is 0.229 e. The SMILES string of the molecule is CC.CC.CCCN(C)C1CCc2c(ccc3ooc23)C1. The van der Waals surface area contributed by atoms with Gasteiger partial charge in [-0.1, -0.05) is 40.7 Å². The quantitative estimate of drug-likeness (QED) is 0.721. The van der Waals surface area contributed by atoms with Gasteiger partial charge in [0.05, 0.1) is 0 Å². The molecule has 3 rings (SSSR count). The molecule has 21 heavy (non-hydrogen) atoms. The van der Waals surface area contributed by atoms with Crippen molar-refractivity contribution < 1.29 is 9.15 Å². The van der Waals surface area contributed by atoms with Crippen molar-refractivity contribution in [1.82, 2.24) is 4.90 Å². The minimum absolute atomic E-state index is 0.682. The molecule has 0 N–H and O–H groups in total. The van der Waals surface area contributed by atoms with Crippen LogP contribution in [0.3, 0.4) is 0 Å². The van der Waals surface area contributed by atoms with E-state index in [1.807, 2.05) is 33.8 Å². The highest BCUT2D eigenvalue weighted by atomic mass is 17.0. The summed E-state index contributed by atoms with van der Waals surface area (Å²) in [5.74, 6) is 0. The number of hydrogen-bond donors (Lipinski definition) is 0. The first-order valence-corrected chi connectivity index (χ1v) is 8.49. The van der Waals surface area contributed by atoms with E-state index in [9.17, 15) is 0 Å². The van der Waals surface area contributed by atoms with Crippen LogP contribution in [0.25, 0.3) is 11.2 Å². The standard InChI is InChI=1S/C14H19NO2.2C2H6/c1-3-8-15(2)11-5-6-12-10(9-11)4-7-13-14(12)17-16-13;2*1-2/h4,7,11H,3,5-6,8-9H2,1-2H3;2*1-2H3. The van der Waals surface area contributed by atoms with E-state index in [0.717, 1.165) is 24.0 Å². The van der Waals surface area contributed by atoms with E-state index in [1.165, 1.54) is 30.5 Å². The van der Waals surface area contributed by atoms with Crippen LogP contribution >= 0.6 is 0 Å². The lowest BCUT2D eigenvalue weighted by molar-refractivity contribution is 0.0575. The van der Waals surface area contributed by atoms with E-state index < -0.39 is 0 Å². The monoisotopic (exact) mass is 293 g/mol. The van der Waals surface area contributed by atoms with E-state index in [2.05, 4.69) is 24.9 Å². The van der Waals surface area contributed by atoms with Crippen molar-refractivity contribution in [2.75, 3.05) is 13.6 Å². The third kappa shape index (κ3) is 3.91. The summed E-state index contributed by atoms with van der Waals surface area (Å²) in [6.45, 7) is 11.4. The van der Waals surface area contributed by atoms with Crippen LogP contribution in [0.15, 0.2) is 21.3 Å². The third-order valence-electron chi connectivity index (χ3n) is 3.92. The summed E-state index contributed by atoms with van der Waals surface area (Å²) in [6.07, 6.45) is 4.70. The minimum Gasteiger partial charge on any atom is -0.303 e. The highest BCUT2D eigenvalue weighted by Crippen LogP contribution is 2.32. The Bertz CT molecular complexity index is 512. The molecule has 0 bridgehead atoms. The van der Waals surface area contributed by atoms with Crippen LogP contribution in [-0.2, 0) is 12.8 Å². The number of fused-ring (bicyclic) bond motifs is 3. The van der Waals surface area contributed by atoms with Gasteiger partial charge in [-0.15, -0.1) is 0 Å². The molecule has 0 radical (unpaired) electrons. The van der Waals surface area contributed by atoms with Gasteiger partial charge < -0.3 is 4.90 Å². The Morgan fingerprint density at radius 2 is 1.86 bits per heavy atom. The van der Waals surface area contributed by atoms with Gasteiger partial charge >= 0.3 is 0 Å². The van der Waals surface area contributed by atoms with Gasteiger partial charge in [-0.3, -0.25) is 9.15 Å². The molecule has 1 heterocycles. The van der Waals surface area contributed by atoms with Crippen molar-refractivity contribution in [3.05, 3.63) is 23.3 Å². The fourth-order valence-electron chi connectivity index (χ4n) is 2.90. The molecule has 0 aliphatic heterocycles. The second-order valence-corrected chi connectivity index (χ2v) is 5.07. The van der Waals surface area contributed by atoms with Gasteiger partial charge in [-0.05, 0) is 50.9 Å². The predicted molar refractivity (Wildman–Crippen MR) is 89.9 cm³/mol. The first-order chi connectivity index (χ1) is 10.3. The van der Waals surface area contributed by atoms with E-state index >= 15 is 0 Å². The molecule has 0 saturated carbocycles. The van der Waals surface area contributed by atoms with Crippen LogP contribution in [0.2, 0.25) is 0 Å². The maximum Gasteiger partial charge on any atom is 0.229 e. The molecule has 1 aromatic heterocycles. The molecule has 3 heteroatoms. The molecule has 0 amide bonds. The molecule has 1 unspecified atom stereocenters. The number of hydrogen-bond acceptors (Lipinski definition) is 3. The summed E-state index contributed by atoms with van der Waals surface area (Å²) in [4.78, 5) is 2.49. The number of benzene rings is 1. The van der Waals surface area contributed by atoms with Gasteiger partial charge in [0.25, 0.3) is 0 Å². The van der Waals surface area contributed by atoms with E-state index in [1.54, 1.807) is 0 Å². The molecular weight excluding hydrogens is 262 g/mol. The van der Waals surface area contributed by atoms with Crippen LogP contribution in [0.5, 0.6) is 0 Å². The number of likely N-dealkylation sites (N-methyl/N-ethyl adjacent to an activating group) is 1. The zero-order chi connectivity index (χ0) is 15.8. The Morgan fingerprint density at radius 1 is 1.14 bits per heavy atom. The van der Waals surface area contributed by atoms with E-state index in [-0.39, 0.29) is 0 Å². The third-order valence-corrected chi connectivity index (χ3v) is 3.92. The lowest BCUT2D eigenvalue weighted by atomic mass is 9.87. The van der Waals surface area contributed by atoms with Crippen molar-refractivity contribution in [3.63, 3.8) is 0 Å². The highest BCUT2D eigenvalue weighted by molar-refractivity contribution is 5.76. The molecule has 1 aliphatic rings. The second-order valence-electron chi connectivity index (χ2n) is 5.07. The largest absolute Gasteiger partial charge is 0.303 e. The first-order valence-electron chi connectivity index (χ1n) is 8.49. The van der Waals surface area contributed by atoms with Gasteiger partial charge in [0.2, 0.25) is 11.2 Å². The van der Waals surface area contributed by atoms with Crippen LogP contribution in [-0.4, -0.2) is 24.5 Å². The molecule has 0 saturated heterocycles. The van der Waals surface area contributed by atoms with Crippen LogP contribution in [0.1, 0.15) is 58.6 Å². The molecule has 120 valence electrons. The van der Waals surface area contributed by atoms with Crippen molar-refractivity contribution in [2.45, 2.75) is 66.3 Å². The zero-order valence-corrected chi connectivity index (χ0v) is 14.5. The average molecular weight is 293 g/mol. The van der Waals surface area contributed by atoms with Gasteiger partial charge in [0.15, 0.2) is 0 Å². The maximum absolute atomic E-state index is 5.10. The molecule has 0 fully saturated rings. The van der Waals surface area contributed by atoms with Crippen molar-refractivity contribution in [3.8, 4) is 0 Å². The Labute approximate surface area is 129 Å². The topological polar surface area (TPSA) is 29.5 Å². The molecule has 1 aliphatic carbocycles. The van der Waals surface area contributed by atoms with Gasteiger partial charge in [-0.2, -0.15) is 0 Å². The van der Waals surface area contributed by atoms with Crippen molar-refractivity contribution in [1.29, 1.82) is 0 Å². The normalized spacial score (nSPS) is 16.8. The molecule has 2 aromatic rings. The van der Waals surface area contributed by atoms with E-state index in [4.69, 9.17) is 9.15 Å². The van der Waals surface area contributed by atoms with Crippen LogP contribution in [0, 0.1) is 0 Å². The number of rotatable bonds is 3. The van der Waals surface area contributed by atoms with Gasteiger partial charge in [0.1, 0.15) is 0 Å². The summed E-state index contributed by atoms with van der Waals surface area (Å²) in [6, 6.07) is 4.91. The average Bonchev–Trinajstić information content (AvgIpc) is 2.51. The molecule has 1 atom stereocenters. The van der Waals surface area contributed by atoms with E-state index in [0.29, 0.717) is 6.04 Å². The molecule has 3 nitrogen and oxygen atoms in total. The van der Waals surface area contributed by atoms with Gasteiger partial charge in [-0.25, -0.2) is 0 Å². The Balaban J connectivity index is 0.000000510. The Kier molecular flexibility index (Phi) is 7.58. The summed E-state index contributed by atoms with van der Waals surface area (Å²) in [5.41, 5.74) is 4.70. The summed E-state index contributed by atoms with van der Waals surface area (Å²) in [5, 5.41) is 0. The number of nitrogens with zero attached hydrogens (tertiary/aromatic N) is 1.